The van der Waals surface area contributed by atoms with E-state index in [9.17, 15) is 4.79 Å². The number of carbonyl (C=O) groups is 1. The molecule has 1 aromatic heterocycles. The number of nitrogen functional groups attached to an aromatic ring is 1. The van der Waals surface area contributed by atoms with Crippen molar-refractivity contribution >= 4 is 11.6 Å². The van der Waals surface area contributed by atoms with Crippen molar-refractivity contribution in [2.75, 3.05) is 32.9 Å². The van der Waals surface area contributed by atoms with E-state index in [0.717, 1.165) is 18.7 Å². The van der Waals surface area contributed by atoms with E-state index in [0.29, 0.717) is 17.9 Å². The lowest BCUT2D eigenvalue weighted by molar-refractivity contribution is 0.0669. The Balaban J connectivity index is 3.05. The van der Waals surface area contributed by atoms with Crippen LogP contribution in [0, 0.1) is 0 Å². The van der Waals surface area contributed by atoms with Crippen LogP contribution in [-0.4, -0.2) is 58.7 Å². The number of nitrogens with zero attached hydrogens (tertiary/aromatic N) is 4. The zero-order chi connectivity index (χ0) is 15.4. The first-order valence-corrected chi connectivity index (χ1v) is 7.10. The molecule has 0 spiro atoms. The van der Waals surface area contributed by atoms with Crippen molar-refractivity contribution in [3.05, 3.63) is 11.4 Å². The van der Waals surface area contributed by atoms with Crippen molar-refractivity contribution in [1.82, 2.24) is 19.6 Å². The minimum absolute atomic E-state index is 0.0472. The summed E-state index contributed by atoms with van der Waals surface area (Å²) in [6.07, 6.45) is 0.729. The van der Waals surface area contributed by atoms with Crippen molar-refractivity contribution < 1.29 is 4.79 Å². The summed E-state index contributed by atoms with van der Waals surface area (Å²) in [5.74, 6) is -0.0472. The number of hydrogen-bond acceptors (Lipinski definition) is 4. The number of hydrogen-bond donors (Lipinski definition) is 1. The van der Waals surface area contributed by atoms with Crippen LogP contribution in [0.15, 0.2) is 0 Å². The Labute approximate surface area is 121 Å². The van der Waals surface area contributed by atoms with E-state index in [1.165, 1.54) is 0 Å². The molecule has 1 heterocycles. The first-order valence-electron chi connectivity index (χ1n) is 7.10. The Hall–Kier alpha value is -1.56. The molecule has 1 atom stereocenters. The van der Waals surface area contributed by atoms with Crippen LogP contribution in [0.25, 0.3) is 0 Å². The first-order chi connectivity index (χ1) is 9.33. The van der Waals surface area contributed by atoms with Gasteiger partial charge in [-0.2, -0.15) is 5.10 Å². The number of carbonyl (C=O) groups excluding carboxylic acids is 1. The standard InChI is InChI=1S/C14H27N5O/c1-7-11-12(15)13(18(6)16-11)14(20)19(8-2)10(3)9-17(4)5/h10H,7-9,15H2,1-6H3. The summed E-state index contributed by atoms with van der Waals surface area (Å²) in [6, 6.07) is 0.127. The fraction of sp³-hybridized carbons (Fsp3) is 0.714. The summed E-state index contributed by atoms with van der Waals surface area (Å²) in [5, 5.41) is 4.32. The molecule has 0 aliphatic rings. The number of anilines is 1. The van der Waals surface area contributed by atoms with E-state index in [-0.39, 0.29) is 11.9 Å². The average molecular weight is 281 g/mol. The quantitative estimate of drug-likeness (QED) is 0.844. The topological polar surface area (TPSA) is 67.4 Å². The molecule has 20 heavy (non-hydrogen) atoms. The SMILES string of the molecule is CCc1nn(C)c(C(=O)N(CC)C(C)CN(C)C)c1N. The fourth-order valence-corrected chi connectivity index (χ4v) is 2.53. The molecule has 1 rings (SSSR count). The molecule has 1 amide bonds. The van der Waals surface area contributed by atoms with Gasteiger partial charge in [-0.1, -0.05) is 6.92 Å². The van der Waals surface area contributed by atoms with Crippen LogP contribution in [0.2, 0.25) is 0 Å². The van der Waals surface area contributed by atoms with Gasteiger partial charge in [0.1, 0.15) is 5.69 Å². The minimum Gasteiger partial charge on any atom is -0.395 e. The number of rotatable bonds is 6. The fourth-order valence-electron chi connectivity index (χ4n) is 2.53. The highest BCUT2D eigenvalue weighted by atomic mass is 16.2. The van der Waals surface area contributed by atoms with Gasteiger partial charge in [-0.15, -0.1) is 0 Å². The molecule has 0 radical (unpaired) electrons. The Morgan fingerprint density at radius 1 is 1.40 bits per heavy atom. The monoisotopic (exact) mass is 281 g/mol. The summed E-state index contributed by atoms with van der Waals surface area (Å²) in [7, 11) is 5.78. The summed E-state index contributed by atoms with van der Waals surface area (Å²) < 4.78 is 1.60. The van der Waals surface area contributed by atoms with E-state index in [1.807, 2.05) is 32.8 Å². The van der Waals surface area contributed by atoms with E-state index in [2.05, 4.69) is 16.9 Å². The van der Waals surface area contributed by atoms with Crippen molar-refractivity contribution in [3.63, 3.8) is 0 Å². The highest BCUT2D eigenvalue weighted by molar-refractivity contribution is 5.98. The molecular weight excluding hydrogens is 254 g/mol. The van der Waals surface area contributed by atoms with E-state index in [4.69, 9.17) is 5.73 Å². The third kappa shape index (κ3) is 3.30. The van der Waals surface area contributed by atoms with E-state index >= 15 is 0 Å². The molecule has 1 aromatic rings. The predicted octanol–water partition coefficient (Wildman–Crippen LogP) is 0.977. The van der Waals surface area contributed by atoms with Crippen LogP contribution < -0.4 is 5.73 Å². The van der Waals surface area contributed by atoms with E-state index < -0.39 is 0 Å². The Morgan fingerprint density at radius 2 is 2.00 bits per heavy atom. The molecule has 1 unspecified atom stereocenters. The maximum absolute atomic E-state index is 12.7. The molecule has 0 saturated carbocycles. The van der Waals surface area contributed by atoms with Gasteiger partial charge in [0.25, 0.3) is 5.91 Å². The summed E-state index contributed by atoms with van der Waals surface area (Å²) in [6.45, 7) is 7.49. The summed E-state index contributed by atoms with van der Waals surface area (Å²) in [5.41, 5.74) is 7.86. The Morgan fingerprint density at radius 3 is 2.40 bits per heavy atom. The van der Waals surface area contributed by atoms with Crippen LogP contribution in [-0.2, 0) is 13.5 Å². The van der Waals surface area contributed by atoms with Crippen LogP contribution >= 0.6 is 0 Å². The van der Waals surface area contributed by atoms with Gasteiger partial charge < -0.3 is 15.5 Å². The lowest BCUT2D eigenvalue weighted by Crippen LogP contribution is -2.44. The third-order valence-corrected chi connectivity index (χ3v) is 3.46. The first kappa shape index (κ1) is 16.5. The number of amides is 1. The summed E-state index contributed by atoms with van der Waals surface area (Å²) >= 11 is 0. The molecule has 0 aromatic carbocycles. The highest BCUT2D eigenvalue weighted by Gasteiger charge is 2.26. The van der Waals surface area contributed by atoms with Crippen molar-refractivity contribution in [3.8, 4) is 0 Å². The average Bonchev–Trinajstić information content (AvgIpc) is 2.63. The minimum atomic E-state index is -0.0472. The van der Waals surface area contributed by atoms with Gasteiger partial charge in [-0.25, -0.2) is 0 Å². The third-order valence-electron chi connectivity index (χ3n) is 3.46. The van der Waals surface area contributed by atoms with Crippen molar-refractivity contribution in [1.29, 1.82) is 0 Å². The van der Waals surface area contributed by atoms with Crippen LogP contribution in [0.1, 0.15) is 37.0 Å². The normalized spacial score (nSPS) is 12.8. The van der Waals surface area contributed by atoms with Crippen molar-refractivity contribution in [2.45, 2.75) is 33.2 Å². The smallest absolute Gasteiger partial charge is 0.274 e. The molecule has 6 heteroatoms. The zero-order valence-electron chi connectivity index (χ0n) is 13.5. The molecular formula is C14H27N5O. The second-order valence-corrected chi connectivity index (χ2v) is 5.39. The molecule has 0 aliphatic heterocycles. The van der Waals surface area contributed by atoms with Crippen LogP contribution in [0.4, 0.5) is 5.69 Å². The van der Waals surface area contributed by atoms with Gasteiger partial charge >= 0.3 is 0 Å². The molecule has 0 fully saturated rings. The number of nitrogens with two attached hydrogens (primary N) is 1. The number of aryl methyl sites for hydroxylation is 2. The second kappa shape index (κ2) is 6.74. The molecule has 0 saturated heterocycles. The van der Waals surface area contributed by atoms with E-state index in [1.54, 1.807) is 11.7 Å². The highest BCUT2D eigenvalue weighted by Crippen LogP contribution is 2.20. The zero-order valence-corrected chi connectivity index (χ0v) is 13.5. The van der Waals surface area contributed by atoms with Gasteiger partial charge in [0.15, 0.2) is 0 Å². The molecule has 2 N–H and O–H groups in total. The maximum Gasteiger partial charge on any atom is 0.274 e. The van der Waals surface area contributed by atoms with Gasteiger partial charge in [0, 0.05) is 26.2 Å². The summed E-state index contributed by atoms with van der Waals surface area (Å²) in [4.78, 5) is 16.7. The number of aromatic nitrogens is 2. The van der Waals surface area contributed by atoms with Gasteiger partial charge in [0.05, 0.1) is 11.4 Å². The molecule has 6 nitrogen and oxygen atoms in total. The van der Waals surface area contributed by atoms with Gasteiger partial charge in [-0.05, 0) is 34.4 Å². The second-order valence-electron chi connectivity index (χ2n) is 5.39. The molecule has 0 aliphatic carbocycles. The number of likely N-dealkylation sites (N-methyl/N-ethyl adjacent to an activating group) is 2. The molecule has 0 bridgehead atoms. The maximum atomic E-state index is 12.7. The lowest BCUT2D eigenvalue weighted by Gasteiger charge is -2.30. The Kier molecular flexibility index (Phi) is 5.56. The van der Waals surface area contributed by atoms with Crippen LogP contribution in [0.5, 0.6) is 0 Å². The Bertz CT molecular complexity index is 466. The van der Waals surface area contributed by atoms with Crippen LogP contribution in [0.3, 0.4) is 0 Å². The molecule has 114 valence electrons. The van der Waals surface area contributed by atoms with Gasteiger partial charge in [0.2, 0.25) is 0 Å². The largest absolute Gasteiger partial charge is 0.395 e. The van der Waals surface area contributed by atoms with Gasteiger partial charge in [-0.3, -0.25) is 9.48 Å². The lowest BCUT2D eigenvalue weighted by atomic mass is 10.2. The van der Waals surface area contributed by atoms with Crippen molar-refractivity contribution in [2.24, 2.45) is 7.05 Å². The predicted molar refractivity (Wildman–Crippen MR) is 81.7 cm³/mol.